The molecule has 5 heteroatoms. The summed E-state index contributed by atoms with van der Waals surface area (Å²) in [4.78, 5) is 17.8. The number of rotatable bonds is 6. The van der Waals surface area contributed by atoms with E-state index in [9.17, 15) is 4.79 Å². The fraction of sp³-hybridized carbons (Fsp3) is 0.381. The first-order valence-electron chi connectivity index (χ1n) is 9.03. The molecule has 2 heterocycles. The van der Waals surface area contributed by atoms with Gasteiger partial charge in [0, 0.05) is 6.54 Å². The summed E-state index contributed by atoms with van der Waals surface area (Å²) >= 11 is 0. The van der Waals surface area contributed by atoms with Crippen LogP contribution < -0.4 is 0 Å². The highest BCUT2D eigenvalue weighted by molar-refractivity contribution is 5.72. The molecule has 2 aliphatic rings. The number of carbonyl (C=O) groups is 1. The van der Waals surface area contributed by atoms with Gasteiger partial charge in [-0.15, -0.1) is 0 Å². The van der Waals surface area contributed by atoms with Gasteiger partial charge in [0.1, 0.15) is 12.1 Å². The van der Waals surface area contributed by atoms with Crippen molar-refractivity contribution in [2.24, 2.45) is 0 Å². The molecule has 26 heavy (non-hydrogen) atoms. The molecule has 0 spiro atoms. The predicted molar refractivity (Wildman–Crippen MR) is 95.8 cm³/mol. The van der Waals surface area contributed by atoms with Gasteiger partial charge >= 0.3 is 5.97 Å². The number of benzene rings is 2. The maximum absolute atomic E-state index is 11.7. The summed E-state index contributed by atoms with van der Waals surface area (Å²) in [5, 5.41) is 1.92. The third kappa shape index (κ3) is 3.65. The summed E-state index contributed by atoms with van der Waals surface area (Å²) in [6.07, 6.45) is -0.339. The van der Waals surface area contributed by atoms with E-state index in [0.717, 1.165) is 11.1 Å². The van der Waals surface area contributed by atoms with E-state index >= 15 is 0 Å². The van der Waals surface area contributed by atoms with Gasteiger partial charge in [0.05, 0.1) is 19.1 Å². The van der Waals surface area contributed by atoms with Crippen LogP contribution in [0.25, 0.3) is 0 Å². The molecule has 5 nitrogen and oxygen atoms in total. The molecule has 0 N–H and O–H groups in total. The molecule has 0 aromatic heterocycles. The third-order valence-corrected chi connectivity index (χ3v) is 4.96. The molecule has 0 saturated carbocycles. The number of fused-ring (bicyclic) bond motifs is 1. The van der Waals surface area contributed by atoms with Crippen LogP contribution in [-0.2, 0) is 32.3 Å². The van der Waals surface area contributed by atoms with Crippen molar-refractivity contribution in [2.45, 2.75) is 50.8 Å². The number of carbonyl (C=O) groups excluding carboxylic acids is 1. The van der Waals surface area contributed by atoms with Crippen LogP contribution in [0.2, 0.25) is 0 Å². The monoisotopic (exact) mass is 353 g/mol. The Bertz CT molecular complexity index is 736. The molecule has 0 radical (unpaired) electrons. The van der Waals surface area contributed by atoms with Crippen LogP contribution in [0.5, 0.6) is 0 Å². The third-order valence-electron chi connectivity index (χ3n) is 4.96. The van der Waals surface area contributed by atoms with E-state index in [1.54, 1.807) is 0 Å². The molecule has 4 rings (SSSR count). The van der Waals surface area contributed by atoms with E-state index in [4.69, 9.17) is 14.3 Å². The lowest BCUT2D eigenvalue weighted by molar-refractivity contribution is -0.191. The molecule has 0 bridgehead atoms. The minimum atomic E-state index is -0.281. The summed E-state index contributed by atoms with van der Waals surface area (Å²) in [6.45, 7) is 3.17. The largest absolute Gasteiger partial charge is 0.458 e. The fourth-order valence-corrected chi connectivity index (χ4v) is 3.66. The fourth-order valence-electron chi connectivity index (χ4n) is 3.66. The number of hydroxylamine groups is 2. The Morgan fingerprint density at radius 2 is 1.73 bits per heavy atom. The van der Waals surface area contributed by atoms with Gasteiger partial charge in [-0.25, -0.2) is 0 Å². The zero-order valence-electron chi connectivity index (χ0n) is 14.8. The lowest BCUT2D eigenvalue weighted by atomic mass is 10.0. The van der Waals surface area contributed by atoms with Crippen LogP contribution in [0.15, 0.2) is 60.7 Å². The number of hydrogen-bond acceptors (Lipinski definition) is 5. The molecular formula is C21H23NO4. The normalized spacial score (nSPS) is 26.5. The Balaban J connectivity index is 1.47. The highest BCUT2D eigenvalue weighted by atomic mass is 16.7. The van der Waals surface area contributed by atoms with Crippen molar-refractivity contribution in [3.05, 3.63) is 71.8 Å². The van der Waals surface area contributed by atoms with Crippen molar-refractivity contribution in [1.29, 1.82) is 0 Å². The van der Waals surface area contributed by atoms with Gasteiger partial charge in [0.2, 0.25) is 0 Å². The molecule has 0 unspecified atom stereocenters. The topological polar surface area (TPSA) is 48.0 Å². The quantitative estimate of drug-likeness (QED) is 0.747. The minimum absolute atomic E-state index is 0.129. The summed E-state index contributed by atoms with van der Waals surface area (Å²) in [5.74, 6) is -0.195. The molecule has 2 aliphatic heterocycles. The second-order valence-corrected chi connectivity index (χ2v) is 6.86. The Labute approximate surface area is 153 Å². The second-order valence-electron chi connectivity index (χ2n) is 6.86. The minimum Gasteiger partial charge on any atom is -0.458 e. The van der Waals surface area contributed by atoms with Gasteiger partial charge in [-0.1, -0.05) is 60.7 Å². The van der Waals surface area contributed by atoms with Crippen LogP contribution in [0.3, 0.4) is 0 Å². The zero-order chi connectivity index (χ0) is 17.9. The van der Waals surface area contributed by atoms with Crippen molar-refractivity contribution in [3.63, 3.8) is 0 Å². The van der Waals surface area contributed by atoms with Crippen molar-refractivity contribution < 1.29 is 19.1 Å². The van der Waals surface area contributed by atoms with Gasteiger partial charge < -0.3 is 9.47 Å². The van der Waals surface area contributed by atoms with Crippen LogP contribution in [0, 0.1) is 0 Å². The van der Waals surface area contributed by atoms with Gasteiger partial charge in [-0.2, -0.15) is 5.06 Å². The van der Waals surface area contributed by atoms with Gasteiger partial charge in [-0.3, -0.25) is 9.63 Å². The van der Waals surface area contributed by atoms with E-state index in [1.807, 2.05) is 60.5 Å². The molecule has 4 atom stereocenters. The van der Waals surface area contributed by atoms with Crippen LogP contribution >= 0.6 is 0 Å². The number of ether oxygens (including phenoxy) is 2. The van der Waals surface area contributed by atoms with Crippen molar-refractivity contribution in [2.75, 3.05) is 0 Å². The molecule has 2 aromatic rings. The Morgan fingerprint density at radius 3 is 2.42 bits per heavy atom. The molecule has 0 aliphatic carbocycles. The van der Waals surface area contributed by atoms with Gasteiger partial charge in [0.25, 0.3) is 0 Å². The summed E-state index contributed by atoms with van der Waals surface area (Å²) < 4.78 is 11.7. The molecular weight excluding hydrogens is 330 g/mol. The smallest absolute Gasteiger partial charge is 0.309 e. The molecule has 2 aromatic carbocycles. The lowest BCUT2D eigenvalue weighted by Gasteiger charge is -2.30. The summed E-state index contributed by atoms with van der Waals surface area (Å²) in [6, 6.07) is 20.1. The Kier molecular flexibility index (Phi) is 5.02. The first-order valence-corrected chi connectivity index (χ1v) is 9.03. The van der Waals surface area contributed by atoms with E-state index in [2.05, 4.69) is 12.1 Å². The van der Waals surface area contributed by atoms with Crippen molar-refractivity contribution >= 4 is 5.97 Å². The maximum atomic E-state index is 11.7. The average Bonchev–Trinajstić information content (AvgIpc) is 3.16. The van der Waals surface area contributed by atoms with Crippen LogP contribution in [0.1, 0.15) is 24.5 Å². The van der Waals surface area contributed by atoms with Gasteiger partial charge in [-0.05, 0) is 18.1 Å². The van der Waals surface area contributed by atoms with Crippen LogP contribution in [-0.4, -0.2) is 35.4 Å². The van der Waals surface area contributed by atoms with E-state index in [-0.39, 0.29) is 30.3 Å². The second kappa shape index (κ2) is 7.58. The summed E-state index contributed by atoms with van der Waals surface area (Å²) in [5.41, 5.74) is 2.27. The molecule has 2 saturated heterocycles. The predicted octanol–water partition coefficient (Wildman–Crippen LogP) is 3.09. The highest BCUT2D eigenvalue weighted by Crippen LogP contribution is 2.35. The first-order chi connectivity index (χ1) is 12.7. The molecule has 136 valence electrons. The Hall–Kier alpha value is -2.21. The summed E-state index contributed by atoms with van der Waals surface area (Å²) in [7, 11) is 0. The zero-order valence-corrected chi connectivity index (χ0v) is 14.8. The van der Waals surface area contributed by atoms with E-state index < -0.39 is 0 Å². The molecule has 2 fully saturated rings. The SMILES string of the molecule is C[C@H](OCc1ccccc1)[C@H]1[C@H]2OC(=O)C[C@H]2ON1Cc1ccccc1. The number of esters is 1. The number of nitrogens with zero attached hydrogens (tertiary/aromatic N) is 1. The van der Waals surface area contributed by atoms with Crippen LogP contribution in [0.4, 0.5) is 0 Å². The van der Waals surface area contributed by atoms with E-state index in [1.165, 1.54) is 0 Å². The highest BCUT2D eigenvalue weighted by Gasteiger charge is 2.53. The van der Waals surface area contributed by atoms with Crippen molar-refractivity contribution in [3.8, 4) is 0 Å². The standard InChI is InChI=1S/C21H23NO4/c1-15(24-14-17-10-6-3-7-11-17)20-21-18(12-19(23)25-21)26-22(20)13-16-8-4-2-5-9-16/h2-11,15,18,20-21H,12-14H2,1H3/t15-,18+,20-,21-/m0/s1. The molecule has 0 amide bonds. The lowest BCUT2D eigenvalue weighted by Crippen LogP contribution is -2.45. The van der Waals surface area contributed by atoms with Gasteiger partial charge in [0.15, 0.2) is 6.10 Å². The number of hydrogen-bond donors (Lipinski definition) is 0. The average molecular weight is 353 g/mol. The first kappa shape index (κ1) is 17.2. The van der Waals surface area contributed by atoms with Crippen molar-refractivity contribution in [1.82, 2.24) is 5.06 Å². The maximum Gasteiger partial charge on any atom is 0.309 e. The Morgan fingerprint density at radius 1 is 1.08 bits per heavy atom. The van der Waals surface area contributed by atoms with E-state index in [0.29, 0.717) is 19.6 Å².